The van der Waals surface area contributed by atoms with Gasteiger partial charge in [0.05, 0.1) is 0 Å². The molecule has 0 saturated carbocycles. The van der Waals surface area contributed by atoms with E-state index in [4.69, 9.17) is 23.2 Å². The van der Waals surface area contributed by atoms with Crippen LogP contribution in [0, 0.1) is 0 Å². The maximum absolute atomic E-state index is 12.4. The molecule has 0 bridgehead atoms. The molecule has 0 aliphatic rings. The van der Waals surface area contributed by atoms with E-state index in [2.05, 4.69) is 16.0 Å². The molecule has 0 spiro atoms. The van der Waals surface area contributed by atoms with Crippen LogP contribution in [0.3, 0.4) is 0 Å². The molecule has 1 atom stereocenters. The first-order valence-corrected chi connectivity index (χ1v) is 8.01. The average Bonchev–Trinajstić information content (AvgIpc) is 2.57. The number of hydrogen-bond donors (Lipinski definition) is 3. The van der Waals surface area contributed by atoms with Crippen molar-refractivity contribution >= 4 is 35.1 Å². The molecule has 0 aromatic heterocycles. The first kappa shape index (κ1) is 18.3. The van der Waals surface area contributed by atoms with E-state index >= 15 is 0 Å². The van der Waals surface area contributed by atoms with Gasteiger partial charge < -0.3 is 5.32 Å². The molecule has 2 rings (SSSR count). The van der Waals surface area contributed by atoms with Gasteiger partial charge in [0, 0.05) is 23.6 Å². The molecule has 0 radical (unpaired) electrons. The summed E-state index contributed by atoms with van der Waals surface area (Å²) in [4.78, 5) is 23.8. The zero-order chi connectivity index (χ0) is 17.5. The van der Waals surface area contributed by atoms with Gasteiger partial charge in [0.2, 0.25) is 5.91 Å². The van der Waals surface area contributed by atoms with Crippen molar-refractivity contribution in [3.63, 3.8) is 0 Å². The highest BCUT2D eigenvalue weighted by Gasteiger charge is 2.21. The molecule has 2 aromatic carbocycles. The highest BCUT2D eigenvalue weighted by molar-refractivity contribution is 6.35. The molecule has 2 aromatic rings. The Labute approximate surface area is 150 Å². The molecule has 0 fully saturated rings. The summed E-state index contributed by atoms with van der Waals surface area (Å²) < 4.78 is 0. The Balaban J connectivity index is 2.16. The Kier molecular flexibility index (Phi) is 6.61. The van der Waals surface area contributed by atoms with Crippen LogP contribution in [0.15, 0.2) is 48.5 Å². The number of rotatable bonds is 5. The summed E-state index contributed by atoms with van der Waals surface area (Å²) in [6.07, 6.45) is 0. The molecular formula is C17H17Cl2N3O2. The van der Waals surface area contributed by atoms with Crippen LogP contribution in [-0.2, 0) is 11.3 Å². The Hall–Kier alpha value is -2.08. The van der Waals surface area contributed by atoms with Crippen molar-refractivity contribution in [1.82, 2.24) is 16.0 Å². The van der Waals surface area contributed by atoms with Gasteiger partial charge in [-0.2, -0.15) is 0 Å². The normalized spacial score (nSPS) is 11.6. The number of hydrogen-bond acceptors (Lipinski definition) is 3. The number of benzene rings is 2. The minimum absolute atomic E-state index is 0.344. The highest BCUT2D eigenvalue weighted by Crippen LogP contribution is 2.22. The third kappa shape index (κ3) is 4.96. The van der Waals surface area contributed by atoms with Gasteiger partial charge in [-0.05, 0) is 23.3 Å². The van der Waals surface area contributed by atoms with Crippen molar-refractivity contribution < 1.29 is 9.59 Å². The zero-order valence-corrected chi connectivity index (χ0v) is 14.5. The summed E-state index contributed by atoms with van der Waals surface area (Å²) in [6.45, 7) is 0.344. The predicted molar refractivity (Wildman–Crippen MR) is 95.1 cm³/mol. The third-order valence-electron chi connectivity index (χ3n) is 3.37. The number of carbonyl (C=O) groups excluding carboxylic acids is 2. The number of imide groups is 1. The van der Waals surface area contributed by atoms with Gasteiger partial charge in [0.15, 0.2) is 0 Å². The van der Waals surface area contributed by atoms with Gasteiger partial charge >= 0.3 is 6.03 Å². The molecule has 0 aliphatic carbocycles. The SMILES string of the molecule is CNC(=O)NC(=O)C(NCc1ccc(Cl)cc1Cl)c1ccccc1. The molecule has 3 amide bonds. The van der Waals surface area contributed by atoms with Crippen LogP contribution in [-0.4, -0.2) is 19.0 Å². The molecule has 1 unspecified atom stereocenters. The molecular weight excluding hydrogens is 349 g/mol. The van der Waals surface area contributed by atoms with Crippen LogP contribution in [0.25, 0.3) is 0 Å². The maximum atomic E-state index is 12.4. The molecule has 5 nitrogen and oxygen atoms in total. The maximum Gasteiger partial charge on any atom is 0.321 e. The molecule has 3 N–H and O–H groups in total. The lowest BCUT2D eigenvalue weighted by molar-refractivity contribution is -0.122. The quantitative estimate of drug-likeness (QED) is 0.761. The van der Waals surface area contributed by atoms with E-state index in [9.17, 15) is 9.59 Å². The molecule has 0 saturated heterocycles. The average molecular weight is 366 g/mol. The van der Waals surface area contributed by atoms with E-state index < -0.39 is 18.0 Å². The molecule has 0 heterocycles. The van der Waals surface area contributed by atoms with Crippen molar-refractivity contribution in [2.24, 2.45) is 0 Å². The van der Waals surface area contributed by atoms with Crippen molar-refractivity contribution in [1.29, 1.82) is 0 Å². The van der Waals surface area contributed by atoms with Crippen molar-refractivity contribution in [3.05, 3.63) is 69.7 Å². The number of amides is 3. The van der Waals surface area contributed by atoms with Crippen LogP contribution >= 0.6 is 23.2 Å². The van der Waals surface area contributed by atoms with Crippen LogP contribution in [0.4, 0.5) is 4.79 Å². The number of halogens is 2. The molecule has 126 valence electrons. The minimum Gasteiger partial charge on any atom is -0.341 e. The lowest BCUT2D eigenvalue weighted by Gasteiger charge is -2.19. The topological polar surface area (TPSA) is 70.2 Å². The van der Waals surface area contributed by atoms with Crippen LogP contribution in [0.2, 0.25) is 10.0 Å². The first-order chi connectivity index (χ1) is 11.5. The molecule has 0 aliphatic heterocycles. The van der Waals surface area contributed by atoms with Crippen molar-refractivity contribution in [3.8, 4) is 0 Å². The first-order valence-electron chi connectivity index (χ1n) is 7.26. The van der Waals surface area contributed by atoms with E-state index in [1.54, 1.807) is 18.2 Å². The second-order valence-corrected chi connectivity index (χ2v) is 5.87. The van der Waals surface area contributed by atoms with E-state index in [0.717, 1.165) is 11.1 Å². The summed E-state index contributed by atoms with van der Waals surface area (Å²) in [6, 6.07) is 13.0. The van der Waals surface area contributed by atoms with E-state index in [-0.39, 0.29) is 0 Å². The van der Waals surface area contributed by atoms with Gasteiger partial charge in [-0.1, -0.05) is 59.6 Å². The van der Waals surface area contributed by atoms with Gasteiger partial charge in [-0.15, -0.1) is 0 Å². The molecule has 7 heteroatoms. The summed E-state index contributed by atoms with van der Waals surface area (Å²) in [5.74, 6) is -0.453. The standard InChI is InChI=1S/C17H17Cl2N3O2/c1-20-17(24)22-16(23)15(11-5-3-2-4-6-11)21-10-12-7-8-13(18)9-14(12)19/h2-9,15,21H,10H2,1H3,(H2,20,22,23,24). The second-order valence-electron chi connectivity index (χ2n) is 5.03. The third-order valence-corrected chi connectivity index (χ3v) is 3.96. The summed E-state index contributed by atoms with van der Waals surface area (Å²) in [5.41, 5.74) is 1.54. The fourth-order valence-corrected chi connectivity index (χ4v) is 2.61. The minimum atomic E-state index is -0.699. The summed E-state index contributed by atoms with van der Waals surface area (Å²) in [5, 5.41) is 8.81. The van der Waals surface area contributed by atoms with E-state index in [1.165, 1.54) is 7.05 Å². The zero-order valence-electron chi connectivity index (χ0n) is 13.0. The van der Waals surface area contributed by atoms with Gasteiger partial charge in [0.1, 0.15) is 6.04 Å². The van der Waals surface area contributed by atoms with E-state index in [0.29, 0.717) is 16.6 Å². The predicted octanol–water partition coefficient (Wildman–Crippen LogP) is 3.28. The van der Waals surface area contributed by atoms with Crippen molar-refractivity contribution in [2.75, 3.05) is 7.05 Å². The monoisotopic (exact) mass is 365 g/mol. The Morgan fingerprint density at radius 3 is 2.42 bits per heavy atom. The van der Waals surface area contributed by atoms with Gasteiger partial charge in [-0.25, -0.2) is 4.79 Å². The van der Waals surface area contributed by atoms with Crippen molar-refractivity contribution in [2.45, 2.75) is 12.6 Å². The highest BCUT2D eigenvalue weighted by atomic mass is 35.5. The van der Waals surface area contributed by atoms with Gasteiger partial charge in [0.25, 0.3) is 0 Å². The Bertz CT molecular complexity index is 723. The number of urea groups is 1. The lowest BCUT2D eigenvalue weighted by atomic mass is 10.1. The summed E-state index contributed by atoms with van der Waals surface area (Å²) >= 11 is 12.0. The van der Waals surface area contributed by atoms with Crippen LogP contribution in [0.5, 0.6) is 0 Å². The van der Waals surface area contributed by atoms with E-state index in [1.807, 2.05) is 30.3 Å². The molecule has 24 heavy (non-hydrogen) atoms. The van der Waals surface area contributed by atoms with Gasteiger partial charge in [-0.3, -0.25) is 15.4 Å². The Morgan fingerprint density at radius 1 is 1.08 bits per heavy atom. The van der Waals surface area contributed by atoms with Crippen LogP contribution < -0.4 is 16.0 Å². The summed E-state index contributed by atoms with van der Waals surface area (Å²) in [7, 11) is 1.45. The second kappa shape index (κ2) is 8.68. The smallest absolute Gasteiger partial charge is 0.321 e. The number of nitrogens with one attached hydrogen (secondary N) is 3. The Morgan fingerprint density at radius 2 is 1.79 bits per heavy atom. The fourth-order valence-electron chi connectivity index (χ4n) is 2.13. The van der Waals surface area contributed by atoms with Crippen LogP contribution in [0.1, 0.15) is 17.2 Å². The lowest BCUT2D eigenvalue weighted by Crippen LogP contribution is -2.44. The fraction of sp³-hybridized carbons (Fsp3) is 0.176. The number of carbonyl (C=O) groups is 2. The largest absolute Gasteiger partial charge is 0.341 e.